The molecule has 0 bridgehead atoms. The number of benzene rings is 1. The lowest BCUT2D eigenvalue weighted by molar-refractivity contribution is -0.135. The van der Waals surface area contributed by atoms with Gasteiger partial charge in [0.15, 0.2) is 0 Å². The van der Waals surface area contributed by atoms with Gasteiger partial charge in [0.25, 0.3) is 0 Å². The summed E-state index contributed by atoms with van der Waals surface area (Å²) in [5.74, 6) is -0.227. The molecule has 0 aromatic heterocycles. The molecule has 0 atom stereocenters. The third kappa shape index (κ3) is 4.47. The molecular weight excluding hydrogens is 214 g/mol. The second-order valence-electron chi connectivity index (χ2n) is 4.29. The number of aliphatic carboxylic acids is 1. The fourth-order valence-corrected chi connectivity index (χ4v) is 1.92. The van der Waals surface area contributed by atoms with E-state index in [1.165, 1.54) is 0 Å². The molecule has 94 valence electrons. The fraction of sp³-hybridized carbons (Fsp3) is 0.500. The van der Waals surface area contributed by atoms with Crippen molar-refractivity contribution in [1.29, 1.82) is 0 Å². The summed E-state index contributed by atoms with van der Waals surface area (Å²) < 4.78 is 0. The maximum absolute atomic E-state index is 10.9. The van der Waals surface area contributed by atoms with Crippen molar-refractivity contribution in [3.8, 4) is 0 Å². The van der Waals surface area contributed by atoms with E-state index in [4.69, 9.17) is 5.11 Å². The molecule has 1 aromatic carbocycles. The van der Waals surface area contributed by atoms with Gasteiger partial charge >= 0.3 is 5.97 Å². The number of rotatable bonds is 7. The first-order chi connectivity index (χ1) is 8.17. The van der Waals surface area contributed by atoms with Crippen LogP contribution < -0.4 is 4.90 Å². The minimum absolute atomic E-state index is 0.0700. The molecule has 0 amide bonds. The van der Waals surface area contributed by atoms with Gasteiger partial charge in [-0.1, -0.05) is 44.9 Å². The minimum atomic E-state index is -0.778. The van der Waals surface area contributed by atoms with E-state index >= 15 is 0 Å². The molecule has 0 aliphatic carbocycles. The third-order valence-electron chi connectivity index (χ3n) is 3.08. The molecule has 0 aliphatic rings. The first kappa shape index (κ1) is 13.6. The maximum Gasteiger partial charge on any atom is 0.323 e. The van der Waals surface area contributed by atoms with E-state index < -0.39 is 5.97 Å². The van der Waals surface area contributed by atoms with Gasteiger partial charge in [-0.05, 0) is 18.1 Å². The van der Waals surface area contributed by atoms with Crippen molar-refractivity contribution < 1.29 is 9.90 Å². The zero-order valence-corrected chi connectivity index (χ0v) is 10.6. The zero-order valence-electron chi connectivity index (χ0n) is 10.6. The quantitative estimate of drug-likeness (QED) is 0.789. The second kappa shape index (κ2) is 6.94. The summed E-state index contributed by atoms with van der Waals surface area (Å²) in [5.41, 5.74) is 0.988. The van der Waals surface area contributed by atoms with Gasteiger partial charge in [-0.3, -0.25) is 4.79 Å². The monoisotopic (exact) mass is 235 g/mol. The predicted molar refractivity (Wildman–Crippen MR) is 70.4 cm³/mol. The van der Waals surface area contributed by atoms with E-state index in [-0.39, 0.29) is 6.54 Å². The van der Waals surface area contributed by atoms with Crippen LogP contribution in [0.1, 0.15) is 26.7 Å². The molecule has 0 aliphatic heterocycles. The largest absolute Gasteiger partial charge is 0.480 e. The summed E-state index contributed by atoms with van der Waals surface area (Å²) in [6.07, 6.45) is 2.17. The van der Waals surface area contributed by atoms with Gasteiger partial charge < -0.3 is 10.0 Å². The molecule has 0 saturated carbocycles. The number of nitrogens with zero attached hydrogens (tertiary/aromatic N) is 1. The lowest BCUT2D eigenvalue weighted by atomic mass is 10.0. The SMILES string of the molecule is CCC(CC)CN(CC(=O)O)c1ccccc1. The van der Waals surface area contributed by atoms with Gasteiger partial charge in [0, 0.05) is 12.2 Å². The Morgan fingerprint density at radius 2 is 1.82 bits per heavy atom. The van der Waals surface area contributed by atoms with Crippen molar-refractivity contribution in [3.63, 3.8) is 0 Å². The summed E-state index contributed by atoms with van der Waals surface area (Å²) in [5, 5.41) is 8.96. The van der Waals surface area contributed by atoms with Gasteiger partial charge in [-0.25, -0.2) is 0 Å². The molecule has 3 nitrogen and oxygen atoms in total. The molecule has 0 fully saturated rings. The van der Waals surface area contributed by atoms with Crippen molar-refractivity contribution in [2.24, 2.45) is 5.92 Å². The molecule has 1 N–H and O–H groups in total. The molecule has 1 rings (SSSR count). The molecular formula is C14H21NO2. The Hall–Kier alpha value is -1.51. The third-order valence-corrected chi connectivity index (χ3v) is 3.08. The van der Waals surface area contributed by atoms with Gasteiger partial charge in [0.1, 0.15) is 6.54 Å². The number of carbonyl (C=O) groups is 1. The Bertz CT molecular complexity index is 333. The van der Waals surface area contributed by atoms with Crippen LogP contribution in [-0.4, -0.2) is 24.2 Å². The number of hydrogen-bond donors (Lipinski definition) is 1. The van der Waals surface area contributed by atoms with Crippen molar-refractivity contribution in [3.05, 3.63) is 30.3 Å². The summed E-state index contributed by atoms with van der Waals surface area (Å²) in [4.78, 5) is 12.8. The Kier molecular flexibility index (Phi) is 5.53. The number of hydrogen-bond acceptors (Lipinski definition) is 2. The van der Waals surface area contributed by atoms with Crippen molar-refractivity contribution in [1.82, 2.24) is 0 Å². The molecule has 0 radical (unpaired) electrons. The molecule has 0 saturated heterocycles. The van der Waals surface area contributed by atoms with Gasteiger partial charge in [-0.15, -0.1) is 0 Å². The molecule has 0 unspecified atom stereocenters. The summed E-state index contributed by atoms with van der Waals surface area (Å²) >= 11 is 0. The number of carboxylic acids is 1. The summed E-state index contributed by atoms with van der Waals surface area (Å²) in [6.45, 7) is 5.18. The average Bonchev–Trinajstić information content (AvgIpc) is 2.35. The van der Waals surface area contributed by atoms with E-state index in [2.05, 4.69) is 13.8 Å². The van der Waals surface area contributed by atoms with Crippen LogP contribution in [0.25, 0.3) is 0 Å². The highest BCUT2D eigenvalue weighted by Crippen LogP contribution is 2.17. The van der Waals surface area contributed by atoms with Crippen LogP contribution in [-0.2, 0) is 4.79 Å². The zero-order chi connectivity index (χ0) is 12.7. The highest BCUT2D eigenvalue weighted by atomic mass is 16.4. The average molecular weight is 235 g/mol. The highest BCUT2D eigenvalue weighted by molar-refractivity contribution is 5.73. The highest BCUT2D eigenvalue weighted by Gasteiger charge is 2.14. The van der Waals surface area contributed by atoms with E-state index in [0.29, 0.717) is 5.92 Å². The number of carboxylic acid groups (broad SMARTS) is 1. The normalized spacial score (nSPS) is 10.5. The Balaban J connectivity index is 2.77. The topological polar surface area (TPSA) is 40.5 Å². The minimum Gasteiger partial charge on any atom is -0.480 e. The first-order valence-corrected chi connectivity index (χ1v) is 6.19. The Morgan fingerprint density at radius 1 is 1.24 bits per heavy atom. The number of anilines is 1. The Labute approximate surface area is 103 Å². The Morgan fingerprint density at radius 3 is 2.29 bits per heavy atom. The standard InChI is InChI=1S/C14H21NO2/c1-3-12(4-2)10-15(11-14(16)17)13-8-6-5-7-9-13/h5-9,12H,3-4,10-11H2,1-2H3,(H,16,17). The summed E-state index contributed by atoms with van der Waals surface area (Å²) in [6, 6.07) is 9.75. The van der Waals surface area contributed by atoms with Crippen LogP contribution in [0.5, 0.6) is 0 Å². The molecule has 0 spiro atoms. The van der Waals surface area contributed by atoms with E-state index in [0.717, 1.165) is 25.1 Å². The van der Waals surface area contributed by atoms with Crippen LogP contribution in [0.3, 0.4) is 0 Å². The number of para-hydroxylation sites is 1. The van der Waals surface area contributed by atoms with Crippen LogP contribution in [0.15, 0.2) is 30.3 Å². The van der Waals surface area contributed by atoms with E-state index in [9.17, 15) is 4.79 Å². The molecule has 3 heteroatoms. The first-order valence-electron chi connectivity index (χ1n) is 6.19. The van der Waals surface area contributed by atoms with Gasteiger partial charge in [-0.2, -0.15) is 0 Å². The maximum atomic E-state index is 10.9. The molecule has 1 aromatic rings. The molecule has 17 heavy (non-hydrogen) atoms. The lowest BCUT2D eigenvalue weighted by Crippen LogP contribution is -2.34. The smallest absolute Gasteiger partial charge is 0.323 e. The van der Waals surface area contributed by atoms with Gasteiger partial charge in [0.2, 0.25) is 0 Å². The van der Waals surface area contributed by atoms with Crippen LogP contribution in [0.4, 0.5) is 5.69 Å². The van der Waals surface area contributed by atoms with Crippen LogP contribution in [0.2, 0.25) is 0 Å². The fourth-order valence-electron chi connectivity index (χ4n) is 1.92. The van der Waals surface area contributed by atoms with E-state index in [1.54, 1.807) is 0 Å². The summed E-state index contributed by atoms with van der Waals surface area (Å²) in [7, 11) is 0. The second-order valence-corrected chi connectivity index (χ2v) is 4.29. The predicted octanol–water partition coefficient (Wildman–Crippen LogP) is 3.01. The van der Waals surface area contributed by atoms with Gasteiger partial charge in [0.05, 0.1) is 0 Å². The molecule has 0 heterocycles. The van der Waals surface area contributed by atoms with Crippen molar-refractivity contribution >= 4 is 11.7 Å². The van der Waals surface area contributed by atoms with Crippen molar-refractivity contribution in [2.75, 3.05) is 18.0 Å². The van der Waals surface area contributed by atoms with E-state index in [1.807, 2.05) is 35.2 Å². The van der Waals surface area contributed by atoms with Crippen LogP contribution >= 0.6 is 0 Å². The van der Waals surface area contributed by atoms with Crippen LogP contribution in [0, 0.1) is 5.92 Å². The van der Waals surface area contributed by atoms with Crippen molar-refractivity contribution in [2.45, 2.75) is 26.7 Å². The lowest BCUT2D eigenvalue weighted by Gasteiger charge is -2.27.